The van der Waals surface area contributed by atoms with Crippen molar-refractivity contribution in [2.24, 2.45) is 0 Å². The van der Waals surface area contributed by atoms with Crippen molar-refractivity contribution in [1.29, 1.82) is 0 Å². The summed E-state index contributed by atoms with van der Waals surface area (Å²) in [5, 5.41) is 0. The zero-order valence-electron chi connectivity index (χ0n) is 16.4. The van der Waals surface area contributed by atoms with Gasteiger partial charge in [0.05, 0.1) is 24.8 Å². The second-order valence-electron chi connectivity index (χ2n) is 6.40. The van der Waals surface area contributed by atoms with Gasteiger partial charge in [-0.3, -0.25) is 4.79 Å². The average molecular weight is 420 g/mol. The number of rotatable bonds is 9. The van der Waals surface area contributed by atoms with E-state index in [1.807, 2.05) is 0 Å². The van der Waals surface area contributed by atoms with Crippen LogP contribution in [0.5, 0.6) is 17.2 Å². The average Bonchev–Trinajstić information content (AvgIpc) is 3.16. The number of hydrogen-bond donors (Lipinski definition) is 1. The van der Waals surface area contributed by atoms with Crippen LogP contribution in [-0.4, -0.2) is 48.2 Å². The molecular formula is C20H24N2O6S. The fourth-order valence-electron chi connectivity index (χ4n) is 3.05. The van der Waals surface area contributed by atoms with Crippen LogP contribution in [0.1, 0.15) is 12.8 Å². The standard InChI is InChI=1S/C20H24N2O6S/c1-26-15-5-7-16(8-6-15)28-13-11-21-29(24,25)17-9-10-19(27-2)18(14-17)22-12-3-4-20(22)23/h5-10,14,21H,3-4,11-13H2,1-2H3. The molecule has 8 nitrogen and oxygen atoms in total. The van der Waals surface area contributed by atoms with E-state index in [1.54, 1.807) is 42.3 Å². The van der Waals surface area contributed by atoms with Gasteiger partial charge in [-0.2, -0.15) is 0 Å². The Morgan fingerprint density at radius 3 is 2.38 bits per heavy atom. The first-order valence-corrected chi connectivity index (χ1v) is 10.7. The summed E-state index contributed by atoms with van der Waals surface area (Å²) in [6, 6.07) is 11.5. The van der Waals surface area contributed by atoms with E-state index in [4.69, 9.17) is 14.2 Å². The van der Waals surface area contributed by atoms with E-state index < -0.39 is 10.0 Å². The molecule has 0 aliphatic carbocycles. The molecule has 0 saturated carbocycles. The van der Waals surface area contributed by atoms with Crippen LogP contribution in [0.4, 0.5) is 5.69 Å². The number of hydrogen-bond acceptors (Lipinski definition) is 6. The highest BCUT2D eigenvalue weighted by Crippen LogP contribution is 2.33. The second kappa shape index (κ2) is 9.15. The summed E-state index contributed by atoms with van der Waals surface area (Å²) in [5.74, 6) is 1.75. The summed E-state index contributed by atoms with van der Waals surface area (Å²) < 4.78 is 43.7. The zero-order chi connectivity index (χ0) is 20.9. The van der Waals surface area contributed by atoms with Crippen molar-refractivity contribution in [2.45, 2.75) is 17.7 Å². The van der Waals surface area contributed by atoms with Crippen LogP contribution in [-0.2, 0) is 14.8 Å². The van der Waals surface area contributed by atoms with Gasteiger partial charge >= 0.3 is 0 Å². The molecule has 1 aliphatic rings. The maximum absolute atomic E-state index is 12.6. The van der Waals surface area contributed by atoms with Gasteiger partial charge in [0.2, 0.25) is 15.9 Å². The molecule has 2 aromatic rings. The summed E-state index contributed by atoms with van der Waals surface area (Å²) in [7, 11) is -0.697. The molecule has 1 amide bonds. The topological polar surface area (TPSA) is 94.2 Å². The highest BCUT2D eigenvalue weighted by molar-refractivity contribution is 7.89. The highest BCUT2D eigenvalue weighted by Gasteiger charge is 2.26. The van der Waals surface area contributed by atoms with Crippen LogP contribution in [0.15, 0.2) is 47.4 Å². The minimum absolute atomic E-state index is 0.0429. The monoisotopic (exact) mass is 420 g/mol. The molecule has 0 unspecified atom stereocenters. The Bertz CT molecular complexity index is 959. The molecule has 1 fully saturated rings. The number of sulfonamides is 1. The van der Waals surface area contributed by atoms with Gasteiger partial charge in [0.15, 0.2) is 0 Å². The molecule has 9 heteroatoms. The summed E-state index contributed by atoms with van der Waals surface area (Å²) in [4.78, 5) is 13.7. The highest BCUT2D eigenvalue weighted by atomic mass is 32.2. The zero-order valence-corrected chi connectivity index (χ0v) is 17.2. The summed E-state index contributed by atoms with van der Waals surface area (Å²) in [6.45, 7) is 0.805. The third-order valence-corrected chi connectivity index (χ3v) is 6.01. The van der Waals surface area contributed by atoms with Crippen molar-refractivity contribution < 1.29 is 27.4 Å². The lowest BCUT2D eigenvalue weighted by atomic mass is 10.2. The Hall–Kier alpha value is -2.78. The van der Waals surface area contributed by atoms with Crippen molar-refractivity contribution in [3.8, 4) is 17.2 Å². The van der Waals surface area contributed by atoms with E-state index in [0.29, 0.717) is 35.9 Å². The van der Waals surface area contributed by atoms with Crippen molar-refractivity contribution >= 4 is 21.6 Å². The third-order valence-electron chi connectivity index (χ3n) is 4.55. The third kappa shape index (κ3) is 4.99. The Morgan fingerprint density at radius 2 is 1.76 bits per heavy atom. The lowest BCUT2D eigenvalue weighted by Crippen LogP contribution is -2.29. The van der Waals surface area contributed by atoms with E-state index in [-0.39, 0.29) is 24.0 Å². The number of methoxy groups -OCH3 is 2. The molecule has 3 rings (SSSR count). The fraction of sp³-hybridized carbons (Fsp3) is 0.350. The SMILES string of the molecule is COc1ccc(OCCNS(=O)(=O)c2ccc(OC)c(N3CCCC3=O)c2)cc1. The minimum Gasteiger partial charge on any atom is -0.497 e. The first kappa shape index (κ1) is 20.9. The molecule has 29 heavy (non-hydrogen) atoms. The number of benzene rings is 2. The Labute approximate surface area is 170 Å². The van der Waals surface area contributed by atoms with Crippen LogP contribution < -0.4 is 23.8 Å². The van der Waals surface area contributed by atoms with Gasteiger partial charge in [-0.1, -0.05) is 0 Å². The molecule has 1 N–H and O–H groups in total. The first-order valence-electron chi connectivity index (χ1n) is 9.19. The van der Waals surface area contributed by atoms with E-state index in [1.165, 1.54) is 19.2 Å². The van der Waals surface area contributed by atoms with E-state index in [0.717, 1.165) is 6.42 Å². The molecule has 0 atom stereocenters. The van der Waals surface area contributed by atoms with E-state index in [2.05, 4.69) is 4.72 Å². The molecule has 0 radical (unpaired) electrons. The molecule has 0 aromatic heterocycles. The maximum atomic E-state index is 12.6. The predicted octanol–water partition coefficient (Wildman–Crippen LogP) is 2.19. The van der Waals surface area contributed by atoms with Gasteiger partial charge in [-0.25, -0.2) is 13.1 Å². The first-order chi connectivity index (χ1) is 13.9. The molecule has 1 saturated heterocycles. The van der Waals surface area contributed by atoms with Gasteiger partial charge in [0.1, 0.15) is 23.9 Å². The number of carbonyl (C=O) groups excluding carboxylic acids is 1. The molecule has 1 aliphatic heterocycles. The van der Waals surface area contributed by atoms with E-state index in [9.17, 15) is 13.2 Å². The number of nitrogens with one attached hydrogen (secondary N) is 1. The number of nitrogens with zero attached hydrogens (tertiary/aromatic N) is 1. The molecule has 0 spiro atoms. The van der Waals surface area contributed by atoms with Crippen LogP contribution in [0.25, 0.3) is 0 Å². The molecule has 2 aromatic carbocycles. The van der Waals surface area contributed by atoms with Crippen LogP contribution in [0.3, 0.4) is 0 Å². The van der Waals surface area contributed by atoms with Gasteiger partial charge < -0.3 is 19.1 Å². The maximum Gasteiger partial charge on any atom is 0.240 e. The molecule has 156 valence electrons. The van der Waals surface area contributed by atoms with Crippen molar-refractivity contribution in [3.63, 3.8) is 0 Å². The normalized spacial score (nSPS) is 14.1. The number of ether oxygens (including phenoxy) is 3. The van der Waals surface area contributed by atoms with Crippen molar-refractivity contribution in [3.05, 3.63) is 42.5 Å². The summed E-state index contributed by atoms with van der Waals surface area (Å²) in [5.41, 5.74) is 0.465. The Balaban J connectivity index is 1.64. The van der Waals surface area contributed by atoms with Crippen LogP contribution in [0, 0.1) is 0 Å². The number of anilines is 1. The van der Waals surface area contributed by atoms with E-state index >= 15 is 0 Å². The number of carbonyl (C=O) groups is 1. The summed E-state index contributed by atoms with van der Waals surface area (Å²) in [6.07, 6.45) is 1.18. The molecule has 0 bridgehead atoms. The van der Waals surface area contributed by atoms with Gasteiger partial charge in [-0.05, 0) is 48.9 Å². The van der Waals surface area contributed by atoms with Crippen molar-refractivity contribution in [2.75, 3.05) is 38.8 Å². The van der Waals surface area contributed by atoms with Gasteiger partial charge in [0, 0.05) is 19.5 Å². The van der Waals surface area contributed by atoms with Crippen LogP contribution in [0.2, 0.25) is 0 Å². The largest absolute Gasteiger partial charge is 0.497 e. The van der Waals surface area contributed by atoms with Crippen LogP contribution >= 0.6 is 0 Å². The van der Waals surface area contributed by atoms with Gasteiger partial charge in [0.25, 0.3) is 0 Å². The van der Waals surface area contributed by atoms with Gasteiger partial charge in [-0.15, -0.1) is 0 Å². The second-order valence-corrected chi connectivity index (χ2v) is 8.17. The Morgan fingerprint density at radius 1 is 1.03 bits per heavy atom. The molecule has 1 heterocycles. The lowest BCUT2D eigenvalue weighted by molar-refractivity contribution is -0.117. The lowest BCUT2D eigenvalue weighted by Gasteiger charge is -2.20. The Kier molecular flexibility index (Phi) is 6.60. The molecular weight excluding hydrogens is 396 g/mol. The quantitative estimate of drug-likeness (QED) is 0.625. The minimum atomic E-state index is -3.76. The fourth-order valence-corrected chi connectivity index (χ4v) is 4.08. The summed E-state index contributed by atoms with van der Waals surface area (Å²) >= 11 is 0. The smallest absolute Gasteiger partial charge is 0.240 e. The van der Waals surface area contributed by atoms with Crippen molar-refractivity contribution in [1.82, 2.24) is 4.72 Å². The number of amides is 1. The predicted molar refractivity (Wildman–Crippen MR) is 108 cm³/mol.